The number of amides is 1. The Morgan fingerprint density at radius 1 is 1.37 bits per heavy atom. The molecule has 0 fully saturated rings. The highest BCUT2D eigenvalue weighted by Gasteiger charge is 2.10. The lowest BCUT2D eigenvalue weighted by atomic mass is 10.1. The van der Waals surface area contributed by atoms with E-state index in [1.807, 2.05) is 6.92 Å². The Bertz CT molecular complexity index is 574. The van der Waals surface area contributed by atoms with E-state index >= 15 is 0 Å². The van der Waals surface area contributed by atoms with Crippen molar-refractivity contribution < 1.29 is 4.79 Å². The SMILES string of the molecule is CCCc1cc(C(=O)Nc2cnccn2)cc(Cl)n1. The number of anilines is 1. The topological polar surface area (TPSA) is 67.8 Å². The Kier molecular flexibility index (Phi) is 4.41. The molecule has 1 N–H and O–H groups in total. The van der Waals surface area contributed by atoms with Crippen molar-refractivity contribution in [3.8, 4) is 0 Å². The highest BCUT2D eigenvalue weighted by atomic mass is 35.5. The molecule has 0 atom stereocenters. The molecular weight excluding hydrogens is 264 g/mol. The second-order valence-electron chi connectivity index (χ2n) is 3.96. The number of nitrogens with zero attached hydrogens (tertiary/aromatic N) is 3. The van der Waals surface area contributed by atoms with Crippen molar-refractivity contribution in [3.63, 3.8) is 0 Å². The van der Waals surface area contributed by atoms with Crippen LogP contribution in [0, 0.1) is 0 Å². The second-order valence-corrected chi connectivity index (χ2v) is 4.35. The highest BCUT2D eigenvalue weighted by Crippen LogP contribution is 2.13. The molecule has 0 aliphatic rings. The first-order valence-corrected chi connectivity index (χ1v) is 6.30. The summed E-state index contributed by atoms with van der Waals surface area (Å²) in [6.07, 6.45) is 6.26. The van der Waals surface area contributed by atoms with Gasteiger partial charge in [-0.2, -0.15) is 0 Å². The van der Waals surface area contributed by atoms with Crippen LogP contribution < -0.4 is 5.32 Å². The summed E-state index contributed by atoms with van der Waals surface area (Å²) in [7, 11) is 0. The summed E-state index contributed by atoms with van der Waals surface area (Å²) < 4.78 is 0. The van der Waals surface area contributed by atoms with Gasteiger partial charge in [-0.05, 0) is 18.6 Å². The van der Waals surface area contributed by atoms with Gasteiger partial charge in [-0.15, -0.1) is 0 Å². The van der Waals surface area contributed by atoms with Crippen LogP contribution in [0.2, 0.25) is 5.15 Å². The van der Waals surface area contributed by atoms with Gasteiger partial charge in [-0.25, -0.2) is 9.97 Å². The molecule has 0 radical (unpaired) electrons. The molecule has 0 aliphatic heterocycles. The Hall–Kier alpha value is -2.01. The normalized spacial score (nSPS) is 10.2. The van der Waals surface area contributed by atoms with Gasteiger partial charge in [0, 0.05) is 23.7 Å². The molecule has 1 amide bonds. The Labute approximate surface area is 116 Å². The first-order valence-electron chi connectivity index (χ1n) is 5.93. The lowest BCUT2D eigenvalue weighted by Gasteiger charge is -2.06. The van der Waals surface area contributed by atoms with Crippen LogP contribution in [-0.4, -0.2) is 20.9 Å². The smallest absolute Gasteiger partial charge is 0.257 e. The van der Waals surface area contributed by atoms with Gasteiger partial charge in [0.15, 0.2) is 5.82 Å². The van der Waals surface area contributed by atoms with Gasteiger partial charge in [0.1, 0.15) is 5.15 Å². The highest BCUT2D eigenvalue weighted by molar-refractivity contribution is 6.29. The lowest BCUT2D eigenvalue weighted by Crippen LogP contribution is -2.13. The van der Waals surface area contributed by atoms with E-state index in [-0.39, 0.29) is 5.91 Å². The molecule has 0 aromatic carbocycles. The molecule has 0 unspecified atom stereocenters. The largest absolute Gasteiger partial charge is 0.305 e. The maximum absolute atomic E-state index is 12.1. The second kappa shape index (κ2) is 6.24. The standard InChI is InChI=1S/C13H13ClN4O/c1-2-3-10-6-9(7-11(14)17-10)13(19)18-12-8-15-4-5-16-12/h4-8H,2-3H2,1H3,(H,16,18,19). The average Bonchev–Trinajstić information content (AvgIpc) is 2.39. The van der Waals surface area contributed by atoms with Crippen molar-refractivity contribution in [1.82, 2.24) is 15.0 Å². The predicted octanol–water partition coefficient (Wildman–Crippen LogP) is 2.73. The zero-order chi connectivity index (χ0) is 13.7. The maximum Gasteiger partial charge on any atom is 0.257 e. The van der Waals surface area contributed by atoms with Crippen LogP contribution in [0.25, 0.3) is 0 Å². The van der Waals surface area contributed by atoms with Gasteiger partial charge in [0.05, 0.1) is 6.20 Å². The van der Waals surface area contributed by atoms with Crippen LogP contribution in [0.1, 0.15) is 29.4 Å². The van der Waals surface area contributed by atoms with Crippen LogP contribution >= 0.6 is 11.6 Å². The molecule has 0 aliphatic carbocycles. The van der Waals surface area contributed by atoms with Gasteiger partial charge in [-0.3, -0.25) is 9.78 Å². The number of rotatable bonds is 4. The summed E-state index contributed by atoms with van der Waals surface area (Å²) in [5, 5.41) is 2.97. The van der Waals surface area contributed by atoms with E-state index in [1.165, 1.54) is 24.7 Å². The van der Waals surface area contributed by atoms with Gasteiger partial charge < -0.3 is 5.32 Å². The molecule has 5 nitrogen and oxygen atoms in total. The Morgan fingerprint density at radius 2 is 2.21 bits per heavy atom. The number of carbonyl (C=O) groups excluding carboxylic acids is 1. The molecule has 98 valence electrons. The van der Waals surface area contributed by atoms with Crippen LogP contribution in [0.15, 0.2) is 30.7 Å². The molecule has 0 bridgehead atoms. The minimum Gasteiger partial charge on any atom is -0.305 e. The van der Waals surface area contributed by atoms with Crippen LogP contribution in [-0.2, 0) is 6.42 Å². The summed E-state index contributed by atoms with van der Waals surface area (Å²) in [5.74, 6) is 0.125. The Morgan fingerprint density at radius 3 is 2.89 bits per heavy atom. The van der Waals surface area contributed by atoms with E-state index in [0.29, 0.717) is 16.5 Å². The third kappa shape index (κ3) is 3.72. The fraction of sp³-hybridized carbons (Fsp3) is 0.231. The number of nitrogens with one attached hydrogen (secondary N) is 1. The fourth-order valence-corrected chi connectivity index (χ4v) is 1.84. The van der Waals surface area contributed by atoms with Gasteiger partial charge in [0.2, 0.25) is 0 Å². The fourth-order valence-electron chi connectivity index (χ4n) is 1.62. The third-order valence-corrected chi connectivity index (χ3v) is 2.61. The molecule has 19 heavy (non-hydrogen) atoms. The summed E-state index contributed by atoms with van der Waals surface area (Å²) in [4.78, 5) is 24.1. The number of carbonyl (C=O) groups is 1. The zero-order valence-corrected chi connectivity index (χ0v) is 11.2. The zero-order valence-electron chi connectivity index (χ0n) is 10.4. The van der Waals surface area contributed by atoms with Crippen LogP contribution in [0.5, 0.6) is 0 Å². The quantitative estimate of drug-likeness (QED) is 0.872. The number of halogens is 1. The number of aromatic nitrogens is 3. The van der Waals surface area contributed by atoms with E-state index in [4.69, 9.17) is 11.6 Å². The van der Waals surface area contributed by atoms with Crippen molar-refractivity contribution in [2.75, 3.05) is 5.32 Å². The summed E-state index contributed by atoms with van der Waals surface area (Å²) in [6.45, 7) is 2.04. The number of hydrogen-bond donors (Lipinski definition) is 1. The van der Waals surface area contributed by atoms with E-state index < -0.39 is 0 Å². The van der Waals surface area contributed by atoms with Gasteiger partial charge in [-0.1, -0.05) is 24.9 Å². The van der Waals surface area contributed by atoms with E-state index in [0.717, 1.165) is 18.5 Å². The maximum atomic E-state index is 12.1. The van der Waals surface area contributed by atoms with Gasteiger partial charge >= 0.3 is 0 Å². The number of aryl methyl sites for hydroxylation is 1. The van der Waals surface area contributed by atoms with Crippen molar-refractivity contribution in [2.45, 2.75) is 19.8 Å². The van der Waals surface area contributed by atoms with Crippen LogP contribution in [0.3, 0.4) is 0 Å². The minimum absolute atomic E-state index is 0.276. The van der Waals surface area contributed by atoms with Crippen molar-refractivity contribution in [3.05, 3.63) is 47.1 Å². The average molecular weight is 277 g/mol. The molecule has 2 rings (SSSR count). The van der Waals surface area contributed by atoms with Crippen LogP contribution in [0.4, 0.5) is 5.82 Å². The lowest BCUT2D eigenvalue weighted by molar-refractivity contribution is 0.102. The van der Waals surface area contributed by atoms with Crippen molar-refractivity contribution in [2.24, 2.45) is 0 Å². The summed E-state index contributed by atoms with van der Waals surface area (Å²) >= 11 is 5.91. The predicted molar refractivity (Wildman–Crippen MR) is 73.2 cm³/mol. The van der Waals surface area contributed by atoms with E-state index in [2.05, 4.69) is 20.3 Å². The Balaban J connectivity index is 2.19. The molecule has 2 aromatic heterocycles. The molecule has 0 saturated heterocycles. The minimum atomic E-state index is -0.276. The molecule has 2 heterocycles. The summed E-state index contributed by atoms with van der Waals surface area (Å²) in [5.41, 5.74) is 1.27. The van der Waals surface area contributed by atoms with E-state index in [1.54, 1.807) is 6.07 Å². The molecule has 2 aromatic rings. The molecule has 0 spiro atoms. The van der Waals surface area contributed by atoms with Crippen molar-refractivity contribution >= 4 is 23.3 Å². The van der Waals surface area contributed by atoms with Gasteiger partial charge in [0.25, 0.3) is 5.91 Å². The van der Waals surface area contributed by atoms with Crippen molar-refractivity contribution in [1.29, 1.82) is 0 Å². The monoisotopic (exact) mass is 276 g/mol. The van der Waals surface area contributed by atoms with E-state index in [9.17, 15) is 4.79 Å². The summed E-state index contributed by atoms with van der Waals surface area (Å²) in [6, 6.07) is 3.27. The first kappa shape index (κ1) is 13.4. The number of pyridine rings is 1. The molecule has 6 heteroatoms. The number of hydrogen-bond acceptors (Lipinski definition) is 4. The first-order chi connectivity index (χ1) is 9.19. The third-order valence-electron chi connectivity index (χ3n) is 2.42. The molecule has 0 saturated carbocycles. The molecular formula is C13H13ClN4O.